The average molecular weight is 604 g/mol. The van der Waals surface area contributed by atoms with Gasteiger partial charge >= 0.3 is 12.4 Å². The van der Waals surface area contributed by atoms with Gasteiger partial charge in [-0.25, -0.2) is 0 Å². The van der Waals surface area contributed by atoms with E-state index < -0.39 is 35.4 Å². The Kier molecular flexibility index (Phi) is 9.98. The molecule has 0 radical (unpaired) electrons. The summed E-state index contributed by atoms with van der Waals surface area (Å²) < 4.78 is 85.8. The maximum Gasteiger partial charge on any atom is 0.416 e. The summed E-state index contributed by atoms with van der Waals surface area (Å²) >= 11 is 1.12. The van der Waals surface area contributed by atoms with Gasteiger partial charge in [-0.15, -0.1) is 11.8 Å². The normalized spacial score (nSPS) is 23.1. The van der Waals surface area contributed by atoms with Gasteiger partial charge in [0.15, 0.2) is 0 Å². The molecule has 2 aromatic rings. The highest BCUT2D eigenvalue weighted by atomic mass is 32.2. The lowest BCUT2D eigenvalue weighted by atomic mass is 9.99. The van der Waals surface area contributed by atoms with Crippen molar-refractivity contribution < 1.29 is 35.9 Å². The quantitative estimate of drug-likeness (QED) is 0.290. The molecule has 12 heteroatoms. The van der Waals surface area contributed by atoms with Gasteiger partial charge in [0.05, 0.1) is 23.3 Å². The van der Waals surface area contributed by atoms with Gasteiger partial charge in [0.1, 0.15) is 0 Å². The molecule has 0 N–H and O–H groups in total. The monoisotopic (exact) mass is 603 g/mol. The predicted octanol–water partition coefficient (Wildman–Crippen LogP) is 5.92. The highest BCUT2D eigenvalue weighted by Crippen LogP contribution is 2.34. The van der Waals surface area contributed by atoms with Crippen LogP contribution in [0, 0.1) is 0 Å². The van der Waals surface area contributed by atoms with Crippen molar-refractivity contribution in [2.24, 2.45) is 0 Å². The number of carbonyl (C=O) groups is 1. The van der Waals surface area contributed by atoms with Gasteiger partial charge in [0.2, 0.25) is 0 Å². The molecule has 0 unspecified atom stereocenters. The summed E-state index contributed by atoms with van der Waals surface area (Å²) in [4.78, 5) is 20.1. The summed E-state index contributed by atoms with van der Waals surface area (Å²) in [5.74, 6) is -0.515. The number of hydrogen-bond donors (Lipinski definition) is 0. The zero-order chi connectivity index (χ0) is 29.9. The van der Waals surface area contributed by atoms with Crippen LogP contribution < -0.4 is 0 Å². The van der Waals surface area contributed by atoms with Gasteiger partial charge in [0, 0.05) is 62.3 Å². The number of thioether (sulfide) groups is 1. The smallest absolute Gasteiger partial charge is 0.373 e. The maximum absolute atomic E-state index is 13.7. The minimum Gasteiger partial charge on any atom is -0.373 e. The molecule has 2 aliphatic rings. The Morgan fingerprint density at radius 3 is 2.05 bits per heavy atom. The third-order valence-electron chi connectivity index (χ3n) is 7.52. The first-order valence-electron chi connectivity index (χ1n) is 13.6. The van der Waals surface area contributed by atoms with Crippen LogP contribution in [0.2, 0.25) is 0 Å². The van der Waals surface area contributed by atoms with E-state index in [1.165, 1.54) is 18.2 Å². The molecule has 2 aromatic carbocycles. The predicted molar refractivity (Wildman–Crippen MR) is 146 cm³/mol. The van der Waals surface area contributed by atoms with Crippen molar-refractivity contribution in [2.75, 3.05) is 52.1 Å². The lowest BCUT2D eigenvalue weighted by Gasteiger charge is -2.43. The number of morpholine rings is 1. The van der Waals surface area contributed by atoms with Gasteiger partial charge in [0.25, 0.3) is 5.91 Å². The van der Waals surface area contributed by atoms with Crippen LogP contribution in [0.15, 0.2) is 47.4 Å². The standard InChI is InChI=1S/C29H35F6N3O2S/c1-19-16-37(17-20(2)40-19)9-8-36-10-11-38(25(18-36)12-21-4-6-23(7-5-21)28(30,31)32)27(39)22-13-24(29(33,34)35)15-26(14-22)41-3/h4-7,13-15,19-20,25H,8-12,16-18H2,1-3H3/t19-,20+,25-/m1/s1. The Morgan fingerprint density at radius 2 is 1.46 bits per heavy atom. The Hall–Kier alpha value is -2.28. The Balaban J connectivity index is 1.55. The highest BCUT2D eigenvalue weighted by molar-refractivity contribution is 7.98. The molecule has 4 rings (SSSR count). The largest absolute Gasteiger partial charge is 0.416 e. The van der Waals surface area contributed by atoms with Crippen LogP contribution in [0.5, 0.6) is 0 Å². The highest BCUT2D eigenvalue weighted by Gasteiger charge is 2.36. The summed E-state index contributed by atoms with van der Waals surface area (Å²) in [5.41, 5.74) is -1.08. The summed E-state index contributed by atoms with van der Waals surface area (Å²) in [7, 11) is 0. The summed E-state index contributed by atoms with van der Waals surface area (Å²) in [6, 6.07) is 7.76. The van der Waals surface area contributed by atoms with Crippen molar-refractivity contribution in [3.63, 3.8) is 0 Å². The van der Waals surface area contributed by atoms with Crippen molar-refractivity contribution in [1.82, 2.24) is 14.7 Å². The topological polar surface area (TPSA) is 36.0 Å². The van der Waals surface area contributed by atoms with E-state index >= 15 is 0 Å². The minimum atomic E-state index is -4.60. The molecule has 0 saturated carbocycles. The molecule has 226 valence electrons. The molecule has 2 saturated heterocycles. The number of ether oxygens (including phenoxy) is 1. The van der Waals surface area contributed by atoms with E-state index in [1.807, 2.05) is 13.8 Å². The molecule has 2 heterocycles. The second-order valence-corrected chi connectivity index (χ2v) is 11.7. The molecule has 2 fully saturated rings. The first kappa shape index (κ1) is 31.7. The number of rotatable bonds is 7. The fraction of sp³-hybridized carbons (Fsp3) is 0.552. The maximum atomic E-state index is 13.7. The van der Waals surface area contributed by atoms with E-state index in [1.54, 1.807) is 11.2 Å². The molecule has 1 amide bonds. The van der Waals surface area contributed by atoms with Gasteiger partial charge in [-0.1, -0.05) is 12.1 Å². The van der Waals surface area contributed by atoms with E-state index in [2.05, 4.69) is 9.80 Å². The lowest BCUT2D eigenvalue weighted by molar-refractivity contribution is -0.138. The van der Waals surface area contributed by atoms with Crippen LogP contribution in [0.4, 0.5) is 26.3 Å². The number of piperazine rings is 1. The van der Waals surface area contributed by atoms with Crippen molar-refractivity contribution >= 4 is 17.7 Å². The molecule has 41 heavy (non-hydrogen) atoms. The SMILES string of the molecule is CSc1cc(C(=O)N2CCN(CCN3C[C@@H](C)O[C@@H](C)C3)C[C@H]2Cc2ccc(C(F)(F)F)cc2)cc(C(F)(F)F)c1. The zero-order valence-corrected chi connectivity index (χ0v) is 24.1. The molecule has 0 bridgehead atoms. The van der Waals surface area contributed by atoms with E-state index in [4.69, 9.17) is 4.74 Å². The fourth-order valence-electron chi connectivity index (χ4n) is 5.59. The molecular formula is C29H35F6N3O2S. The Bertz CT molecular complexity index is 1180. The van der Waals surface area contributed by atoms with Crippen LogP contribution >= 0.6 is 11.8 Å². The summed E-state index contributed by atoms with van der Waals surface area (Å²) in [6.07, 6.45) is -6.90. The third kappa shape index (κ3) is 8.39. The second kappa shape index (κ2) is 12.9. The number of amides is 1. The van der Waals surface area contributed by atoms with Crippen LogP contribution in [-0.4, -0.2) is 90.9 Å². The van der Waals surface area contributed by atoms with E-state index in [0.717, 1.165) is 62.2 Å². The van der Waals surface area contributed by atoms with E-state index in [9.17, 15) is 31.1 Å². The number of hydrogen-bond acceptors (Lipinski definition) is 5. The number of halogens is 6. The van der Waals surface area contributed by atoms with Crippen LogP contribution in [0.3, 0.4) is 0 Å². The molecule has 0 aromatic heterocycles. The Labute approximate surface area is 240 Å². The lowest BCUT2D eigenvalue weighted by Crippen LogP contribution is -2.57. The van der Waals surface area contributed by atoms with Crippen molar-refractivity contribution in [3.05, 3.63) is 64.7 Å². The zero-order valence-electron chi connectivity index (χ0n) is 23.3. The molecule has 2 aliphatic heterocycles. The van der Waals surface area contributed by atoms with Gasteiger partial charge in [-0.05, 0) is 62.4 Å². The van der Waals surface area contributed by atoms with Gasteiger partial charge in [-0.3, -0.25) is 14.6 Å². The van der Waals surface area contributed by atoms with Crippen LogP contribution in [-0.2, 0) is 23.5 Å². The number of nitrogens with zero attached hydrogens (tertiary/aromatic N) is 3. The number of alkyl halides is 6. The van der Waals surface area contributed by atoms with Gasteiger partial charge in [-0.2, -0.15) is 26.3 Å². The molecular weight excluding hydrogens is 568 g/mol. The van der Waals surface area contributed by atoms with E-state index in [0.29, 0.717) is 30.1 Å². The summed E-state index contributed by atoms with van der Waals surface area (Å²) in [6.45, 7) is 8.50. The Morgan fingerprint density at radius 1 is 0.854 bits per heavy atom. The van der Waals surface area contributed by atoms with E-state index in [-0.39, 0.29) is 24.2 Å². The first-order chi connectivity index (χ1) is 19.2. The average Bonchev–Trinajstić information content (AvgIpc) is 2.90. The molecule has 5 nitrogen and oxygen atoms in total. The van der Waals surface area contributed by atoms with Crippen LogP contribution in [0.25, 0.3) is 0 Å². The second-order valence-electron chi connectivity index (χ2n) is 10.8. The molecule has 0 spiro atoms. The number of carbonyl (C=O) groups excluding carboxylic acids is 1. The van der Waals surface area contributed by atoms with Crippen molar-refractivity contribution in [1.29, 1.82) is 0 Å². The first-order valence-corrected chi connectivity index (χ1v) is 14.8. The molecule has 3 atom stereocenters. The molecule has 0 aliphatic carbocycles. The minimum absolute atomic E-state index is 0.0497. The summed E-state index contributed by atoms with van der Waals surface area (Å²) in [5, 5.41) is 0. The van der Waals surface area contributed by atoms with Crippen molar-refractivity contribution in [2.45, 2.75) is 55.8 Å². The third-order valence-corrected chi connectivity index (χ3v) is 8.23. The van der Waals surface area contributed by atoms with Crippen molar-refractivity contribution in [3.8, 4) is 0 Å². The fourth-order valence-corrected chi connectivity index (χ4v) is 6.08. The number of benzene rings is 2. The van der Waals surface area contributed by atoms with Crippen LogP contribution in [0.1, 0.15) is 40.9 Å². The van der Waals surface area contributed by atoms with Gasteiger partial charge < -0.3 is 9.64 Å².